The van der Waals surface area contributed by atoms with E-state index in [9.17, 15) is 0 Å². The molecule has 0 aliphatic heterocycles. The number of aliphatic hydroxyl groups is 1. The number of hydrogen-bond donors (Lipinski definition) is 1. The lowest BCUT2D eigenvalue weighted by Gasteiger charge is -1.97. The SMILES string of the molecule is OCCCc1ccc2oc(=S)oc2c1. The Labute approximate surface area is 86.0 Å². The van der Waals surface area contributed by atoms with Gasteiger partial charge in [-0.1, -0.05) is 6.07 Å². The first-order valence-corrected chi connectivity index (χ1v) is 4.84. The standard InChI is InChI=1S/C10H10O3S/c11-5-1-2-7-3-4-8-9(6-7)13-10(14)12-8/h3-4,6,11H,1-2,5H2. The molecule has 0 aliphatic rings. The monoisotopic (exact) mass is 210 g/mol. The van der Waals surface area contributed by atoms with E-state index in [0.29, 0.717) is 11.2 Å². The molecule has 0 fully saturated rings. The van der Waals surface area contributed by atoms with Crippen molar-refractivity contribution < 1.29 is 13.9 Å². The van der Waals surface area contributed by atoms with Gasteiger partial charge in [-0.3, -0.25) is 0 Å². The van der Waals surface area contributed by atoms with E-state index < -0.39 is 0 Å². The van der Waals surface area contributed by atoms with Crippen molar-refractivity contribution in [3.63, 3.8) is 0 Å². The largest absolute Gasteiger partial charge is 0.413 e. The highest BCUT2D eigenvalue weighted by Gasteiger charge is 2.02. The van der Waals surface area contributed by atoms with E-state index in [1.807, 2.05) is 18.2 Å². The maximum atomic E-state index is 8.69. The summed E-state index contributed by atoms with van der Waals surface area (Å²) in [6, 6.07) is 5.68. The zero-order valence-corrected chi connectivity index (χ0v) is 8.34. The quantitative estimate of drug-likeness (QED) is 0.791. The average Bonchev–Trinajstić information content (AvgIpc) is 2.54. The third kappa shape index (κ3) is 1.86. The zero-order valence-electron chi connectivity index (χ0n) is 7.53. The van der Waals surface area contributed by atoms with Crippen molar-refractivity contribution in [2.45, 2.75) is 12.8 Å². The Morgan fingerprint density at radius 1 is 1.21 bits per heavy atom. The minimum atomic E-state index is 0.152. The first-order chi connectivity index (χ1) is 6.79. The van der Waals surface area contributed by atoms with Crippen LogP contribution in [0.2, 0.25) is 0 Å². The Balaban J connectivity index is 2.35. The smallest absolute Gasteiger partial charge is 0.363 e. The van der Waals surface area contributed by atoms with Gasteiger partial charge in [-0.15, -0.1) is 0 Å². The second-order valence-corrected chi connectivity index (χ2v) is 3.40. The predicted molar refractivity (Wildman–Crippen MR) is 54.7 cm³/mol. The number of benzene rings is 1. The van der Waals surface area contributed by atoms with Gasteiger partial charge in [-0.05, 0) is 30.5 Å². The minimum Gasteiger partial charge on any atom is -0.413 e. The fourth-order valence-corrected chi connectivity index (χ4v) is 1.54. The van der Waals surface area contributed by atoms with Crippen LogP contribution in [0.1, 0.15) is 12.0 Å². The molecule has 0 unspecified atom stereocenters. The highest BCUT2D eigenvalue weighted by molar-refractivity contribution is 7.71. The molecule has 0 bridgehead atoms. The molecule has 4 heteroatoms. The highest BCUT2D eigenvalue weighted by Crippen LogP contribution is 2.18. The summed E-state index contributed by atoms with van der Waals surface area (Å²) in [5.74, 6) is 0. The van der Waals surface area contributed by atoms with E-state index in [2.05, 4.69) is 0 Å². The van der Waals surface area contributed by atoms with Crippen molar-refractivity contribution in [2.24, 2.45) is 0 Å². The van der Waals surface area contributed by atoms with Crippen LogP contribution < -0.4 is 0 Å². The molecule has 1 heterocycles. The molecular weight excluding hydrogens is 200 g/mol. The van der Waals surface area contributed by atoms with E-state index >= 15 is 0 Å². The lowest BCUT2D eigenvalue weighted by Crippen LogP contribution is -1.88. The topological polar surface area (TPSA) is 46.5 Å². The molecule has 1 N–H and O–H groups in total. The van der Waals surface area contributed by atoms with Crippen LogP contribution in [-0.4, -0.2) is 11.7 Å². The van der Waals surface area contributed by atoms with Crippen LogP contribution in [0, 0.1) is 4.90 Å². The van der Waals surface area contributed by atoms with Gasteiger partial charge in [-0.2, -0.15) is 0 Å². The normalized spacial score (nSPS) is 10.9. The lowest BCUT2D eigenvalue weighted by atomic mass is 10.1. The molecule has 0 atom stereocenters. The van der Waals surface area contributed by atoms with Gasteiger partial charge in [0.05, 0.1) is 0 Å². The fraction of sp³-hybridized carbons (Fsp3) is 0.300. The van der Waals surface area contributed by atoms with Crippen LogP contribution in [0.5, 0.6) is 0 Å². The first-order valence-electron chi connectivity index (χ1n) is 4.43. The van der Waals surface area contributed by atoms with Crippen LogP contribution in [0.15, 0.2) is 27.0 Å². The molecule has 2 rings (SSSR count). The summed E-state index contributed by atoms with van der Waals surface area (Å²) in [4.78, 5) is 0.152. The summed E-state index contributed by atoms with van der Waals surface area (Å²) in [5.41, 5.74) is 2.46. The average molecular weight is 210 g/mol. The molecule has 3 nitrogen and oxygen atoms in total. The molecule has 0 spiro atoms. The van der Waals surface area contributed by atoms with E-state index in [0.717, 1.165) is 18.4 Å². The Morgan fingerprint density at radius 3 is 2.79 bits per heavy atom. The maximum Gasteiger partial charge on any atom is 0.363 e. The number of rotatable bonds is 3. The van der Waals surface area contributed by atoms with E-state index in [-0.39, 0.29) is 11.5 Å². The number of hydrogen-bond acceptors (Lipinski definition) is 4. The van der Waals surface area contributed by atoms with Crippen molar-refractivity contribution in [3.8, 4) is 0 Å². The number of fused-ring (bicyclic) bond motifs is 1. The van der Waals surface area contributed by atoms with Crippen molar-refractivity contribution >= 4 is 23.4 Å². The lowest BCUT2D eigenvalue weighted by molar-refractivity contribution is 0.288. The summed E-state index contributed by atoms with van der Waals surface area (Å²) in [6.45, 7) is 0.201. The van der Waals surface area contributed by atoms with Crippen LogP contribution in [0.4, 0.5) is 0 Å². The number of aryl methyl sites for hydroxylation is 1. The Morgan fingerprint density at radius 2 is 2.00 bits per heavy atom. The minimum absolute atomic E-state index is 0.152. The second-order valence-electron chi connectivity index (χ2n) is 3.06. The van der Waals surface area contributed by atoms with E-state index in [1.165, 1.54) is 0 Å². The second kappa shape index (κ2) is 3.94. The summed E-state index contributed by atoms with van der Waals surface area (Å²) >= 11 is 4.77. The van der Waals surface area contributed by atoms with Crippen LogP contribution in [0.3, 0.4) is 0 Å². The van der Waals surface area contributed by atoms with Gasteiger partial charge in [-0.25, -0.2) is 0 Å². The highest BCUT2D eigenvalue weighted by atomic mass is 32.1. The third-order valence-corrected chi connectivity index (χ3v) is 2.18. The van der Waals surface area contributed by atoms with Crippen LogP contribution in [-0.2, 0) is 6.42 Å². The predicted octanol–water partition coefficient (Wildman–Crippen LogP) is 2.68. The summed E-state index contributed by atoms with van der Waals surface area (Å²) in [7, 11) is 0. The fourth-order valence-electron chi connectivity index (χ4n) is 1.36. The molecule has 0 aliphatic carbocycles. The molecule has 14 heavy (non-hydrogen) atoms. The van der Waals surface area contributed by atoms with E-state index in [4.69, 9.17) is 26.2 Å². The van der Waals surface area contributed by atoms with Gasteiger partial charge < -0.3 is 13.9 Å². The third-order valence-electron chi connectivity index (χ3n) is 2.02. The van der Waals surface area contributed by atoms with Crippen LogP contribution >= 0.6 is 12.2 Å². The molecule has 0 saturated heterocycles. The molecule has 0 radical (unpaired) electrons. The van der Waals surface area contributed by atoms with Crippen molar-refractivity contribution in [3.05, 3.63) is 28.7 Å². The van der Waals surface area contributed by atoms with Gasteiger partial charge in [0.2, 0.25) is 0 Å². The van der Waals surface area contributed by atoms with Gasteiger partial charge >= 0.3 is 4.90 Å². The Bertz CT molecular complexity index is 483. The van der Waals surface area contributed by atoms with Gasteiger partial charge in [0, 0.05) is 18.8 Å². The molecule has 1 aromatic carbocycles. The Hall–Kier alpha value is -1.13. The van der Waals surface area contributed by atoms with Gasteiger partial charge in [0.1, 0.15) is 0 Å². The van der Waals surface area contributed by atoms with Gasteiger partial charge in [0.15, 0.2) is 11.2 Å². The molecule has 2 aromatic rings. The van der Waals surface area contributed by atoms with Gasteiger partial charge in [0.25, 0.3) is 0 Å². The Kier molecular flexibility index (Phi) is 2.65. The maximum absolute atomic E-state index is 8.69. The van der Waals surface area contributed by atoms with Crippen molar-refractivity contribution in [2.75, 3.05) is 6.61 Å². The van der Waals surface area contributed by atoms with Crippen LogP contribution in [0.25, 0.3) is 11.2 Å². The van der Waals surface area contributed by atoms with E-state index in [1.54, 1.807) is 0 Å². The van der Waals surface area contributed by atoms with Crippen molar-refractivity contribution in [1.82, 2.24) is 0 Å². The summed E-state index contributed by atoms with van der Waals surface area (Å²) < 4.78 is 10.3. The molecule has 74 valence electrons. The first kappa shape index (κ1) is 9.43. The number of aliphatic hydroxyl groups excluding tert-OH is 1. The zero-order chi connectivity index (χ0) is 9.97. The molecular formula is C10H10O3S. The van der Waals surface area contributed by atoms with Crippen molar-refractivity contribution in [1.29, 1.82) is 0 Å². The summed E-state index contributed by atoms with van der Waals surface area (Å²) in [5, 5.41) is 8.69. The summed E-state index contributed by atoms with van der Waals surface area (Å²) in [6.07, 6.45) is 1.59. The molecule has 0 amide bonds. The molecule has 1 aromatic heterocycles. The molecule has 0 saturated carbocycles.